The maximum Gasteiger partial charge on any atom is 0.178 e. The van der Waals surface area contributed by atoms with Crippen molar-refractivity contribution in [2.75, 3.05) is 6.61 Å². The van der Waals surface area contributed by atoms with Gasteiger partial charge in [0, 0.05) is 12.4 Å². The molecule has 0 saturated heterocycles. The minimum absolute atomic E-state index is 0.108. The Hall–Kier alpha value is -2.14. The van der Waals surface area contributed by atoms with Gasteiger partial charge in [-0.05, 0) is 49.8 Å². The van der Waals surface area contributed by atoms with E-state index >= 15 is 0 Å². The van der Waals surface area contributed by atoms with Crippen LogP contribution in [0.1, 0.15) is 25.5 Å². The van der Waals surface area contributed by atoms with E-state index in [1.807, 2.05) is 31.3 Å². The third kappa shape index (κ3) is 2.45. The lowest BCUT2D eigenvalue weighted by atomic mass is 10.1. The molecule has 0 fully saturated rings. The Morgan fingerprint density at radius 2 is 2.19 bits per heavy atom. The average Bonchev–Trinajstić information content (AvgIpc) is 2.85. The zero-order valence-corrected chi connectivity index (χ0v) is 12.9. The highest BCUT2D eigenvalue weighted by atomic mass is 32.1. The van der Waals surface area contributed by atoms with Gasteiger partial charge in [-0.3, -0.25) is 4.98 Å². The summed E-state index contributed by atoms with van der Waals surface area (Å²) < 4.78 is 8.46. The van der Waals surface area contributed by atoms with Crippen LogP contribution in [0.3, 0.4) is 0 Å². The summed E-state index contributed by atoms with van der Waals surface area (Å²) in [6, 6.07) is 10.1. The van der Waals surface area contributed by atoms with E-state index < -0.39 is 0 Å². The predicted octanol–water partition coefficient (Wildman–Crippen LogP) is 4.10. The lowest BCUT2D eigenvalue weighted by Gasteiger charge is -2.14. The molecule has 0 aliphatic heterocycles. The second kappa shape index (κ2) is 5.69. The van der Waals surface area contributed by atoms with Crippen LogP contribution in [0.25, 0.3) is 11.0 Å². The quantitative estimate of drug-likeness (QED) is 0.737. The molecule has 0 bridgehead atoms. The van der Waals surface area contributed by atoms with Crippen molar-refractivity contribution in [3.05, 3.63) is 53.1 Å². The molecule has 0 radical (unpaired) electrons. The Morgan fingerprint density at radius 1 is 1.33 bits per heavy atom. The monoisotopic (exact) mass is 299 g/mol. The fourth-order valence-corrected chi connectivity index (χ4v) is 2.91. The Labute approximate surface area is 128 Å². The molecule has 0 amide bonds. The van der Waals surface area contributed by atoms with Crippen molar-refractivity contribution in [2.45, 2.75) is 19.9 Å². The molecule has 0 saturated carbocycles. The van der Waals surface area contributed by atoms with E-state index in [4.69, 9.17) is 17.0 Å². The SMILES string of the molecule is CCOc1cccc2c1[nH]c(=S)n2C(C)c1cccnc1. The lowest BCUT2D eigenvalue weighted by Crippen LogP contribution is -2.07. The molecule has 3 aromatic rings. The summed E-state index contributed by atoms with van der Waals surface area (Å²) >= 11 is 5.50. The second-order valence-electron chi connectivity index (χ2n) is 4.85. The number of rotatable bonds is 4. The van der Waals surface area contributed by atoms with Crippen molar-refractivity contribution in [1.82, 2.24) is 14.5 Å². The number of para-hydroxylation sites is 1. The summed E-state index contributed by atoms with van der Waals surface area (Å²) in [5.74, 6) is 0.832. The largest absolute Gasteiger partial charge is 0.492 e. The number of ether oxygens (including phenoxy) is 1. The van der Waals surface area contributed by atoms with Gasteiger partial charge in [0.1, 0.15) is 11.3 Å². The van der Waals surface area contributed by atoms with E-state index in [1.54, 1.807) is 6.20 Å². The molecule has 4 nitrogen and oxygen atoms in total. The number of imidazole rings is 1. The molecular formula is C16H17N3OS. The standard InChI is InChI=1S/C16H17N3OS/c1-3-20-14-8-4-7-13-15(14)18-16(21)19(13)11(2)12-6-5-9-17-10-12/h4-11H,3H2,1-2H3,(H,18,21). The van der Waals surface area contributed by atoms with Crippen molar-refractivity contribution < 1.29 is 4.74 Å². The molecule has 2 aromatic heterocycles. The molecule has 2 heterocycles. The molecule has 1 unspecified atom stereocenters. The van der Waals surface area contributed by atoms with Crippen LogP contribution in [0.4, 0.5) is 0 Å². The summed E-state index contributed by atoms with van der Waals surface area (Å²) in [4.78, 5) is 7.45. The third-order valence-corrected chi connectivity index (χ3v) is 3.87. The summed E-state index contributed by atoms with van der Waals surface area (Å²) in [6.07, 6.45) is 3.65. The Bertz CT molecular complexity index is 807. The molecular weight excluding hydrogens is 282 g/mol. The van der Waals surface area contributed by atoms with Gasteiger partial charge in [-0.1, -0.05) is 12.1 Å². The van der Waals surface area contributed by atoms with Crippen LogP contribution >= 0.6 is 12.2 Å². The first-order valence-corrected chi connectivity index (χ1v) is 7.39. The summed E-state index contributed by atoms with van der Waals surface area (Å²) in [7, 11) is 0. The topological polar surface area (TPSA) is 42.8 Å². The lowest BCUT2D eigenvalue weighted by molar-refractivity contribution is 0.343. The van der Waals surface area contributed by atoms with Gasteiger partial charge < -0.3 is 14.3 Å². The van der Waals surface area contributed by atoms with E-state index in [9.17, 15) is 0 Å². The Morgan fingerprint density at radius 3 is 2.90 bits per heavy atom. The molecule has 0 aliphatic rings. The van der Waals surface area contributed by atoms with Gasteiger partial charge in [-0.15, -0.1) is 0 Å². The van der Waals surface area contributed by atoms with Crippen molar-refractivity contribution in [2.24, 2.45) is 0 Å². The number of benzene rings is 1. The highest BCUT2D eigenvalue weighted by molar-refractivity contribution is 7.71. The minimum Gasteiger partial charge on any atom is -0.492 e. The van der Waals surface area contributed by atoms with Crippen LogP contribution < -0.4 is 4.74 Å². The molecule has 1 aromatic carbocycles. The van der Waals surface area contributed by atoms with E-state index in [1.165, 1.54) is 0 Å². The van der Waals surface area contributed by atoms with Gasteiger partial charge in [-0.2, -0.15) is 0 Å². The van der Waals surface area contributed by atoms with E-state index in [0.717, 1.165) is 22.3 Å². The maximum absolute atomic E-state index is 5.67. The average molecular weight is 299 g/mol. The number of aromatic nitrogens is 3. The predicted molar refractivity (Wildman–Crippen MR) is 86.3 cm³/mol. The van der Waals surface area contributed by atoms with Gasteiger partial charge >= 0.3 is 0 Å². The van der Waals surface area contributed by atoms with Crippen molar-refractivity contribution in [3.63, 3.8) is 0 Å². The number of H-pyrrole nitrogens is 1. The van der Waals surface area contributed by atoms with Crippen LogP contribution in [0.5, 0.6) is 5.75 Å². The van der Waals surface area contributed by atoms with Crippen molar-refractivity contribution in [1.29, 1.82) is 0 Å². The number of hydrogen-bond acceptors (Lipinski definition) is 3. The molecule has 21 heavy (non-hydrogen) atoms. The van der Waals surface area contributed by atoms with E-state index in [-0.39, 0.29) is 6.04 Å². The highest BCUT2D eigenvalue weighted by Crippen LogP contribution is 2.29. The van der Waals surface area contributed by atoms with Crippen LogP contribution in [0, 0.1) is 4.77 Å². The van der Waals surface area contributed by atoms with Gasteiger partial charge in [0.15, 0.2) is 4.77 Å². The summed E-state index contributed by atoms with van der Waals surface area (Å²) in [6.45, 7) is 4.72. The first kappa shape index (κ1) is 13.8. The van der Waals surface area contributed by atoms with Crippen molar-refractivity contribution in [3.8, 4) is 5.75 Å². The van der Waals surface area contributed by atoms with Crippen LogP contribution in [-0.2, 0) is 0 Å². The Kier molecular flexibility index (Phi) is 3.75. The van der Waals surface area contributed by atoms with Crippen LogP contribution in [-0.4, -0.2) is 21.1 Å². The number of hydrogen-bond donors (Lipinski definition) is 1. The molecule has 5 heteroatoms. The number of nitrogens with one attached hydrogen (secondary N) is 1. The smallest absolute Gasteiger partial charge is 0.178 e. The van der Waals surface area contributed by atoms with Gasteiger partial charge in [-0.25, -0.2) is 0 Å². The van der Waals surface area contributed by atoms with Gasteiger partial charge in [0.2, 0.25) is 0 Å². The van der Waals surface area contributed by atoms with Crippen molar-refractivity contribution >= 4 is 23.3 Å². The Balaban J connectivity index is 2.17. The van der Waals surface area contributed by atoms with E-state index in [2.05, 4.69) is 33.6 Å². The molecule has 3 rings (SSSR count). The van der Waals surface area contributed by atoms with Crippen LogP contribution in [0.2, 0.25) is 0 Å². The normalized spacial score (nSPS) is 12.5. The maximum atomic E-state index is 5.67. The number of aromatic amines is 1. The number of fused-ring (bicyclic) bond motifs is 1. The number of pyridine rings is 1. The number of nitrogens with zero attached hydrogens (tertiary/aromatic N) is 2. The summed E-state index contributed by atoms with van der Waals surface area (Å²) in [5.41, 5.74) is 3.11. The fourth-order valence-electron chi connectivity index (χ4n) is 2.55. The second-order valence-corrected chi connectivity index (χ2v) is 5.23. The molecule has 108 valence electrons. The van der Waals surface area contributed by atoms with Gasteiger partial charge in [0.05, 0.1) is 18.2 Å². The zero-order valence-electron chi connectivity index (χ0n) is 12.0. The van der Waals surface area contributed by atoms with Crippen LogP contribution in [0.15, 0.2) is 42.7 Å². The third-order valence-electron chi connectivity index (χ3n) is 3.57. The highest BCUT2D eigenvalue weighted by Gasteiger charge is 2.15. The minimum atomic E-state index is 0.108. The molecule has 0 aliphatic carbocycles. The van der Waals surface area contributed by atoms with E-state index in [0.29, 0.717) is 11.4 Å². The van der Waals surface area contributed by atoms with Gasteiger partial charge in [0.25, 0.3) is 0 Å². The summed E-state index contributed by atoms with van der Waals surface area (Å²) in [5, 5.41) is 0. The first-order chi connectivity index (χ1) is 10.2. The fraction of sp³-hybridized carbons (Fsp3) is 0.250. The molecule has 1 N–H and O–H groups in total. The zero-order chi connectivity index (χ0) is 14.8. The first-order valence-electron chi connectivity index (χ1n) is 6.98. The molecule has 0 spiro atoms. The molecule has 1 atom stereocenters.